The van der Waals surface area contributed by atoms with E-state index in [1.165, 1.54) is 12.1 Å². The van der Waals surface area contributed by atoms with Gasteiger partial charge in [0.2, 0.25) is 0 Å². The zero-order valence-corrected chi connectivity index (χ0v) is 13.3. The smallest absolute Gasteiger partial charge is 0.138 e. The van der Waals surface area contributed by atoms with Crippen molar-refractivity contribution in [2.45, 2.75) is 32.8 Å². The highest BCUT2D eigenvalue weighted by Crippen LogP contribution is 2.25. The van der Waals surface area contributed by atoms with Gasteiger partial charge in [-0.2, -0.15) is 0 Å². The summed E-state index contributed by atoms with van der Waals surface area (Å²) in [5.41, 5.74) is 3.59. The molecule has 0 aliphatic heterocycles. The maximum Gasteiger partial charge on any atom is 0.138 e. The maximum absolute atomic E-state index is 13.6. The zero-order valence-electron chi connectivity index (χ0n) is 13.3. The van der Waals surface area contributed by atoms with E-state index < -0.39 is 0 Å². The SMILES string of the molecule is CCCCCOCc1cc(F)ccc1-c1nc2ccccc2[nH]1. The van der Waals surface area contributed by atoms with Crippen molar-refractivity contribution in [3.8, 4) is 11.4 Å². The first kappa shape index (κ1) is 15.7. The Labute approximate surface area is 135 Å². The van der Waals surface area contributed by atoms with Crippen molar-refractivity contribution in [3.05, 3.63) is 53.8 Å². The number of fused-ring (bicyclic) bond motifs is 1. The van der Waals surface area contributed by atoms with Crippen molar-refractivity contribution in [2.24, 2.45) is 0 Å². The van der Waals surface area contributed by atoms with Gasteiger partial charge in [0.15, 0.2) is 0 Å². The van der Waals surface area contributed by atoms with Crippen molar-refractivity contribution in [1.29, 1.82) is 0 Å². The molecule has 4 heteroatoms. The number of ether oxygens (including phenoxy) is 1. The monoisotopic (exact) mass is 312 g/mol. The topological polar surface area (TPSA) is 37.9 Å². The molecule has 0 spiro atoms. The first-order valence-corrected chi connectivity index (χ1v) is 8.09. The fourth-order valence-corrected chi connectivity index (χ4v) is 2.63. The van der Waals surface area contributed by atoms with Gasteiger partial charge < -0.3 is 9.72 Å². The number of H-pyrrole nitrogens is 1. The molecule has 3 aromatic rings. The van der Waals surface area contributed by atoms with Crippen molar-refractivity contribution >= 4 is 11.0 Å². The molecule has 1 heterocycles. The van der Waals surface area contributed by atoms with E-state index in [1.807, 2.05) is 24.3 Å². The molecule has 0 aliphatic carbocycles. The van der Waals surface area contributed by atoms with Crippen LogP contribution in [0.5, 0.6) is 0 Å². The van der Waals surface area contributed by atoms with Gasteiger partial charge in [0.1, 0.15) is 11.6 Å². The Bertz CT molecular complexity index is 749. The van der Waals surface area contributed by atoms with Gasteiger partial charge in [-0.25, -0.2) is 9.37 Å². The second kappa shape index (κ2) is 7.38. The Kier molecular flexibility index (Phi) is 5.03. The number of nitrogens with one attached hydrogen (secondary N) is 1. The van der Waals surface area contributed by atoms with Crippen LogP contribution in [0.15, 0.2) is 42.5 Å². The number of unbranched alkanes of at least 4 members (excludes halogenated alkanes) is 2. The lowest BCUT2D eigenvalue weighted by Gasteiger charge is -2.09. The van der Waals surface area contributed by atoms with Crippen LogP contribution in [0.2, 0.25) is 0 Å². The van der Waals surface area contributed by atoms with Crippen molar-refractivity contribution in [1.82, 2.24) is 9.97 Å². The third-order valence-electron chi connectivity index (χ3n) is 3.86. The molecule has 2 aromatic carbocycles. The Morgan fingerprint density at radius 1 is 1.13 bits per heavy atom. The van der Waals surface area contributed by atoms with E-state index in [1.54, 1.807) is 6.07 Å². The lowest BCUT2D eigenvalue weighted by atomic mass is 10.1. The number of rotatable bonds is 7. The minimum Gasteiger partial charge on any atom is -0.377 e. The fraction of sp³-hybridized carbons (Fsp3) is 0.316. The minimum atomic E-state index is -0.253. The highest BCUT2D eigenvalue weighted by molar-refractivity contribution is 5.79. The van der Waals surface area contributed by atoms with Crippen molar-refractivity contribution in [2.75, 3.05) is 6.61 Å². The molecule has 0 saturated heterocycles. The molecule has 0 atom stereocenters. The van der Waals surface area contributed by atoms with Crippen LogP contribution in [0.4, 0.5) is 4.39 Å². The molecule has 0 fully saturated rings. The second-order valence-corrected chi connectivity index (χ2v) is 5.66. The Balaban J connectivity index is 1.83. The van der Waals surface area contributed by atoms with Gasteiger partial charge in [-0.15, -0.1) is 0 Å². The highest BCUT2D eigenvalue weighted by atomic mass is 19.1. The standard InChI is InChI=1S/C19H21FN2O/c1-2-3-6-11-23-13-14-12-15(20)9-10-16(14)19-21-17-7-4-5-8-18(17)22-19/h4-5,7-10,12H,2-3,6,11,13H2,1H3,(H,21,22). The Morgan fingerprint density at radius 2 is 2.00 bits per heavy atom. The molecule has 120 valence electrons. The van der Waals surface area contributed by atoms with Crippen LogP contribution in [-0.2, 0) is 11.3 Å². The number of hydrogen-bond acceptors (Lipinski definition) is 2. The van der Waals surface area contributed by atoms with Gasteiger partial charge in [-0.1, -0.05) is 31.9 Å². The van der Waals surface area contributed by atoms with Crippen LogP contribution >= 0.6 is 0 Å². The molecule has 0 bridgehead atoms. The van der Waals surface area contributed by atoms with Gasteiger partial charge in [-0.05, 0) is 42.3 Å². The van der Waals surface area contributed by atoms with Crippen LogP contribution in [0.1, 0.15) is 31.7 Å². The predicted molar refractivity (Wildman–Crippen MR) is 90.7 cm³/mol. The number of aromatic amines is 1. The number of hydrogen-bond donors (Lipinski definition) is 1. The van der Waals surface area contributed by atoms with Gasteiger partial charge in [0, 0.05) is 12.2 Å². The van der Waals surface area contributed by atoms with Crippen LogP contribution in [0, 0.1) is 5.82 Å². The molecule has 1 aromatic heterocycles. The zero-order chi connectivity index (χ0) is 16.1. The van der Waals surface area contributed by atoms with E-state index in [0.29, 0.717) is 13.2 Å². The number of nitrogens with zero attached hydrogens (tertiary/aromatic N) is 1. The molecule has 0 unspecified atom stereocenters. The summed E-state index contributed by atoms with van der Waals surface area (Å²) in [7, 11) is 0. The summed E-state index contributed by atoms with van der Waals surface area (Å²) in [5, 5.41) is 0. The summed E-state index contributed by atoms with van der Waals surface area (Å²) in [5.74, 6) is 0.496. The molecule has 0 saturated carbocycles. The van der Waals surface area contributed by atoms with Crippen molar-refractivity contribution < 1.29 is 9.13 Å². The average Bonchev–Trinajstić information content (AvgIpc) is 2.98. The Morgan fingerprint density at radius 3 is 2.83 bits per heavy atom. The number of aromatic nitrogens is 2. The molecule has 3 nitrogen and oxygen atoms in total. The molecule has 0 amide bonds. The molecule has 0 radical (unpaired) electrons. The number of imidazole rings is 1. The molecule has 23 heavy (non-hydrogen) atoms. The molecular formula is C19H21FN2O. The van der Waals surface area contributed by atoms with E-state index in [0.717, 1.165) is 47.2 Å². The van der Waals surface area contributed by atoms with E-state index in [9.17, 15) is 4.39 Å². The largest absolute Gasteiger partial charge is 0.377 e. The van der Waals surface area contributed by atoms with Crippen LogP contribution < -0.4 is 0 Å². The summed E-state index contributed by atoms with van der Waals surface area (Å²) in [4.78, 5) is 7.89. The van der Waals surface area contributed by atoms with Gasteiger partial charge >= 0.3 is 0 Å². The Hall–Kier alpha value is -2.20. The van der Waals surface area contributed by atoms with E-state index in [2.05, 4.69) is 16.9 Å². The molecule has 0 aliphatic rings. The van der Waals surface area contributed by atoms with E-state index in [4.69, 9.17) is 4.74 Å². The minimum absolute atomic E-state index is 0.253. The highest BCUT2D eigenvalue weighted by Gasteiger charge is 2.11. The van der Waals surface area contributed by atoms with Gasteiger partial charge in [0.25, 0.3) is 0 Å². The lowest BCUT2D eigenvalue weighted by molar-refractivity contribution is 0.117. The molecule has 3 rings (SSSR count). The van der Waals surface area contributed by atoms with Gasteiger partial charge in [0.05, 0.1) is 17.6 Å². The summed E-state index contributed by atoms with van der Waals surface area (Å²) in [6.45, 7) is 3.25. The number of halogens is 1. The second-order valence-electron chi connectivity index (χ2n) is 5.66. The molecular weight excluding hydrogens is 291 g/mol. The number of para-hydroxylation sites is 2. The predicted octanol–water partition coefficient (Wildman–Crippen LogP) is 5.08. The lowest BCUT2D eigenvalue weighted by Crippen LogP contribution is -1.99. The first-order valence-electron chi connectivity index (χ1n) is 8.09. The first-order chi connectivity index (χ1) is 11.3. The summed E-state index contributed by atoms with van der Waals surface area (Å²) >= 11 is 0. The van der Waals surface area contributed by atoms with Crippen LogP contribution in [-0.4, -0.2) is 16.6 Å². The number of benzene rings is 2. The maximum atomic E-state index is 13.6. The molecule has 1 N–H and O–H groups in total. The third kappa shape index (κ3) is 3.77. The third-order valence-corrected chi connectivity index (χ3v) is 3.86. The fourth-order valence-electron chi connectivity index (χ4n) is 2.63. The normalized spacial score (nSPS) is 11.2. The summed E-state index contributed by atoms with van der Waals surface area (Å²) < 4.78 is 19.3. The summed E-state index contributed by atoms with van der Waals surface area (Å²) in [6.07, 6.45) is 3.35. The van der Waals surface area contributed by atoms with Crippen molar-refractivity contribution in [3.63, 3.8) is 0 Å². The van der Waals surface area contributed by atoms with E-state index >= 15 is 0 Å². The average molecular weight is 312 g/mol. The summed E-state index contributed by atoms with van der Waals surface area (Å²) in [6, 6.07) is 12.6. The quantitative estimate of drug-likeness (QED) is 0.618. The van der Waals surface area contributed by atoms with E-state index in [-0.39, 0.29) is 5.82 Å². The van der Waals surface area contributed by atoms with Crippen LogP contribution in [0.25, 0.3) is 22.4 Å². The van der Waals surface area contributed by atoms with Crippen LogP contribution in [0.3, 0.4) is 0 Å². The van der Waals surface area contributed by atoms with Gasteiger partial charge in [-0.3, -0.25) is 0 Å².